The van der Waals surface area contributed by atoms with E-state index in [2.05, 4.69) is 20.3 Å². The molecular formula is C21H22F3N5OS. The number of likely N-dealkylation sites (N-methyl/N-ethyl adjacent to an activating group) is 1. The summed E-state index contributed by atoms with van der Waals surface area (Å²) in [6.07, 6.45) is -1.79. The standard InChI is InChI=1S/C21H22F3N5OS/c1-12-8-13(15-11-26-17(31-15)20(2,3)18(30)29(4)5)10-14(9-12)27-19-25-7-6-16(28-19)21(22,23)24/h6-11H,1-5H3,(H,25,27,28). The average Bonchev–Trinajstić information content (AvgIpc) is 3.17. The molecule has 6 nitrogen and oxygen atoms in total. The second-order valence-electron chi connectivity index (χ2n) is 7.83. The minimum atomic E-state index is -4.55. The van der Waals surface area contributed by atoms with Crippen LogP contribution in [-0.4, -0.2) is 39.9 Å². The van der Waals surface area contributed by atoms with Crippen LogP contribution in [-0.2, 0) is 16.4 Å². The fourth-order valence-electron chi connectivity index (χ4n) is 3.05. The van der Waals surface area contributed by atoms with E-state index < -0.39 is 17.3 Å². The minimum Gasteiger partial charge on any atom is -0.348 e. The molecule has 0 aliphatic heterocycles. The van der Waals surface area contributed by atoms with Gasteiger partial charge in [-0.05, 0) is 50.1 Å². The summed E-state index contributed by atoms with van der Waals surface area (Å²) in [5, 5.41) is 3.52. The maximum Gasteiger partial charge on any atom is 0.433 e. The number of nitrogens with zero attached hydrogens (tertiary/aromatic N) is 4. The molecule has 0 bridgehead atoms. The van der Waals surface area contributed by atoms with Gasteiger partial charge in [0.2, 0.25) is 11.9 Å². The van der Waals surface area contributed by atoms with E-state index in [0.29, 0.717) is 10.7 Å². The van der Waals surface area contributed by atoms with Gasteiger partial charge in [0.05, 0.1) is 10.3 Å². The van der Waals surface area contributed by atoms with Crippen LogP contribution in [0.4, 0.5) is 24.8 Å². The van der Waals surface area contributed by atoms with Crippen LogP contribution in [0.25, 0.3) is 10.4 Å². The lowest BCUT2D eigenvalue weighted by Gasteiger charge is -2.24. The molecule has 3 aromatic rings. The second kappa shape index (κ2) is 8.26. The van der Waals surface area contributed by atoms with E-state index in [1.807, 2.05) is 26.8 Å². The molecule has 10 heteroatoms. The Bertz CT molecular complexity index is 1110. The molecule has 31 heavy (non-hydrogen) atoms. The number of thiazole rings is 1. The molecule has 0 aliphatic carbocycles. The molecule has 2 aromatic heterocycles. The van der Waals surface area contributed by atoms with Gasteiger partial charge in [-0.2, -0.15) is 13.2 Å². The Balaban J connectivity index is 1.91. The maximum absolute atomic E-state index is 12.9. The number of anilines is 2. The van der Waals surface area contributed by atoms with Gasteiger partial charge in [0.25, 0.3) is 0 Å². The molecule has 0 saturated heterocycles. The first-order valence-corrected chi connectivity index (χ1v) is 10.2. The van der Waals surface area contributed by atoms with Crippen LogP contribution < -0.4 is 5.32 Å². The largest absolute Gasteiger partial charge is 0.433 e. The van der Waals surface area contributed by atoms with Crippen molar-refractivity contribution in [2.75, 3.05) is 19.4 Å². The number of hydrogen-bond donors (Lipinski definition) is 1. The van der Waals surface area contributed by atoms with Crippen molar-refractivity contribution in [3.05, 3.63) is 52.9 Å². The van der Waals surface area contributed by atoms with E-state index in [9.17, 15) is 18.0 Å². The van der Waals surface area contributed by atoms with Crippen LogP contribution >= 0.6 is 11.3 Å². The zero-order valence-corrected chi connectivity index (χ0v) is 18.5. The Kier molecular flexibility index (Phi) is 6.04. The number of nitrogens with one attached hydrogen (secondary N) is 1. The SMILES string of the molecule is Cc1cc(Nc2nccc(C(F)(F)F)n2)cc(-c2cnc(C(C)(C)C(=O)N(C)C)s2)c1. The number of carbonyl (C=O) groups is 1. The minimum absolute atomic E-state index is 0.0540. The van der Waals surface area contributed by atoms with E-state index in [0.717, 1.165) is 28.3 Å². The quantitative estimate of drug-likeness (QED) is 0.591. The molecule has 1 N–H and O–H groups in total. The molecule has 0 aliphatic rings. The summed E-state index contributed by atoms with van der Waals surface area (Å²) in [5.41, 5.74) is 0.478. The Hall–Kier alpha value is -3.01. The van der Waals surface area contributed by atoms with Crippen molar-refractivity contribution >= 4 is 28.9 Å². The Morgan fingerprint density at radius 1 is 1.13 bits per heavy atom. The lowest BCUT2D eigenvalue weighted by molar-refractivity contribution is -0.141. The molecule has 0 spiro atoms. The van der Waals surface area contributed by atoms with Gasteiger partial charge in [-0.25, -0.2) is 15.0 Å². The number of benzene rings is 1. The van der Waals surface area contributed by atoms with Crippen LogP contribution in [0.2, 0.25) is 0 Å². The summed E-state index contributed by atoms with van der Waals surface area (Å²) in [6, 6.07) is 6.34. The highest BCUT2D eigenvalue weighted by Crippen LogP contribution is 2.36. The summed E-state index contributed by atoms with van der Waals surface area (Å²) < 4.78 is 38.7. The van der Waals surface area contributed by atoms with Crippen molar-refractivity contribution < 1.29 is 18.0 Å². The van der Waals surface area contributed by atoms with Crippen LogP contribution in [0.15, 0.2) is 36.7 Å². The Labute approximate surface area is 182 Å². The molecule has 3 rings (SSSR count). The fourth-order valence-corrected chi connectivity index (χ4v) is 4.05. The fraction of sp³-hybridized carbons (Fsp3) is 0.333. The van der Waals surface area contributed by atoms with Gasteiger partial charge >= 0.3 is 6.18 Å². The first kappa shape index (κ1) is 22.7. The number of amides is 1. The lowest BCUT2D eigenvalue weighted by Crippen LogP contribution is -2.39. The van der Waals surface area contributed by atoms with Crippen LogP contribution in [0.1, 0.15) is 30.1 Å². The van der Waals surface area contributed by atoms with Crippen LogP contribution in [0.5, 0.6) is 0 Å². The topological polar surface area (TPSA) is 71.0 Å². The smallest absolute Gasteiger partial charge is 0.348 e. The molecule has 0 atom stereocenters. The van der Waals surface area contributed by atoms with E-state index >= 15 is 0 Å². The Morgan fingerprint density at radius 2 is 1.84 bits per heavy atom. The van der Waals surface area contributed by atoms with Crippen LogP contribution in [0, 0.1) is 6.92 Å². The Morgan fingerprint density at radius 3 is 2.48 bits per heavy atom. The van der Waals surface area contributed by atoms with Crippen molar-refractivity contribution in [3.63, 3.8) is 0 Å². The van der Waals surface area contributed by atoms with E-state index in [4.69, 9.17) is 0 Å². The van der Waals surface area contributed by atoms with Crippen molar-refractivity contribution in [1.82, 2.24) is 19.9 Å². The number of carbonyl (C=O) groups excluding carboxylic acids is 1. The third-order valence-corrected chi connectivity index (χ3v) is 5.92. The van der Waals surface area contributed by atoms with Gasteiger partial charge in [0, 0.05) is 32.2 Å². The highest BCUT2D eigenvalue weighted by atomic mass is 32.1. The van der Waals surface area contributed by atoms with Crippen molar-refractivity contribution in [3.8, 4) is 10.4 Å². The van der Waals surface area contributed by atoms with Crippen molar-refractivity contribution in [2.45, 2.75) is 32.4 Å². The molecule has 0 fully saturated rings. The number of rotatable bonds is 5. The van der Waals surface area contributed by atoms with Crippen LogP contribution in [0.3, 0.4) is 0 Å². The van der Waals surface area contributed by atoms with Gasteiger partial charge in [-0.1, -0.05) is 6.07 Å². The molecule has 2 heterocycles. The third kappa shape index (κ3) is 5.01. The summed E-state index contributed by atoms with van der Waals surface area (Å²) in [7, 11) is 3.40. The third-order valence-electron chi connectivity index (χ3n) is 4.55. The maximum atomic E-state index is 12.9. The van der Waals surface area contributed by atoms with Gasteiger partial charge in [-0.3, -0.25) is 4.79 Å². The van der Waals surface area contributed by atoms with Gasteiger partial charge < -0.3 is 10.2 Å². The number of alkyl halides is 3. The van der Waals surface area contributed by atoms with Gasteiger partial charge in [0.15, 0.2) is 0 Å². The normalized spacial score (nSPS) is 12.0. The second-order valence-corrected chi connectivity index (χ2v) is 8.86. The average molecular weight is 450 g/mol. The first-order chi connectivity index (χ1) is 14.4. The number of halogens is 3. The summed E-state index contributed by atoms with van der Waals surface area (Å²) >= 11 is 1.40. The number of hydrogen-bond acceptors (Lipinski definition) is 6. The van der Waals surface area contributed by atoms with Gasteiger partial charge in [0.1, 0.15) is 10.7 Å². The molecule has 1 aromatic carbocycles. The zero-order valence-electron chi connectivity index (χ0n) is 17.7. The summed E-state index contributed by atoms with van der Waals surface area (Å²) in [6.45, 7) is 5.53. The summed E-state index contributed by atoms with van der Waals surface area (Å²) in [4.78, 5) is 26.8. The van der Waals surface area contributed by atoms with E-state index in [-0.39, 0.29) is 11.9 Å². The number of aromatic nitrogens is 3. The molecule has 0 unspecified atom stereocenters. The summed E-state index contributed by atoms with van der Waals surface area (Å²) in [5.74, 6) is -0.198. The predicted octanol–water partition coefficient (Wildman–Crippen LogP) is 5.04. The van der Waals surface area contributed by atoms with Gasteiger partial charge in [-0.15, -0.1) is 11.3 Å². The van der Waals surface area contributed by atoms with E-state index in [1.165, 1.54) is 16.2 Å². The first-order valence-electron chi connectivity index (χ1n) is 9.35. The highest BCUT2D eigenvalue weighted by Gasteiger charge is 2.34. The van der Waals surface area contributed by atoms with Crippen molar-refractivity contribution in [1.29, 1.82) is 0 Å². The molecule has 1 amide bonds. The zero-order chi connectivity index (χ0) is 23.0. The molecule has 164 valence electrons. The molecular weight excluding hydrogens is 427 g/mol. The molecule has 0 saturated carbocycles. The number of aryl methyl sites for hydroxylation is 1. The van der Waals surface area contributed by atoms with Crippen molar-refractivity contribution in [2.24, 2.45) is 0 Å². The van der Waals surface area contributed by atoms with E-state index in [1.54, 1.807) is 32.4 Å². The lowest BCUT2D eigenvalue weighted by atomic mass is 9.93. The monoisotopic (exact) mass is 449 g/mol. The molecule has 0 radical (unpaired) electrons. The highest BCUT2D eigenvalue weighted by molar-refractivity contribution is 7.15. The predicted molar refractivity (Wildman–Crippen MR) is 114 cm³/mol.